The lowest BCUT2D eigenvalue weighted by Crippen LogP contribution is -2.28. The van der Waals surface area contributed by atoms with E-state index in [4.69, 9.17) is 11.6 Å². The molecule has 156 valence electrons. The topological polar surface area (TPSA) is 75.3 Å². The van der Waals surface area contributed by atoms with E-state index in [1.54, 1.807) is 25.1 Å². The van der Waals surface area contributed by atoms with Crippen LogP contribution < -0.4 is 10.0 Å². The Hall–Kier alpha value is -2.83. The third-order valence-corrected chi connectivity index (χ3v) is 6.42. The number of anilines is 1. The molecule has 1 amide bonds. The molecule has 3 aromatic carbocycles. The first-order chi connectivity index (χ1) is 14.3. The molecule has 0 aliphatic heterocycles. The maximum Gasteiger partial charge on any atom is 0.261 e. The van der Waals surface area contributed by atoms with Gasteiger partial charge in [-0.3, -0.25) is 9.52 Å². The average Bonchev–Trinajstić information content (AvgIpc) is 2.74. The molecule has 0 saturated carbocycles. The van der Waals surface area contributed by atoms with Gasteiger partial charge in [0.2, 0.25) is 0 Å². The van der Waals surface area contributed by atoms with Gasteiger partial charge in [-0.1, -0.05) is 54.9 Å². The van der Waals surface area contributed by atoms with E-state index in [1.165, 1.54) is 24.3 Å². The van der Waals surface area contributed by atoms with Crippen LogP contribution in [0.3, 0.4) is 0 Å². The Morgan fingerprint density at radius 3 is 2.30 bits per heavy atom. The summed E-state index contributed by atoms with van der Waals surface area (Å²) < 4.78 is 28.0. The molecular weight excluding hydrogens is 420 g/mol. The van der Waals surface area contributed by atoms with Crippen LogP contribution in [0.5, 0.6) is 0 Å². The van der Waals surface area contributed by atoms with Crippen molar-refractivity contribution in [2.24, 2.45) is 0 Å². The van der Waals surface area contributed by atoms with E-state index < -0.39 is 10.0 Å². The molecule has 3 aromatic rings. The van der Waals surface area contributed by atoms with Crippen molar-refractivity contribution >= 4 is 33.2 Å². The summed E-state index contributed by atoms with van der Waals surface area (Å²) in [5.74, 6) is -0.266. The van der Waals surface area contributed by atoms with E-state index in [2.05, 4.69) is 10.0 Å². The molecule has 0 unspecified atom stereocenters. The molecule has 0 aromatic heterocycles. The molecule has 0 aliphatic rings. The standard InChI is InChI=1S/C23H23ClN2O3S/c1-3-21(17-7-5-4-6-8-17)25-23(27)18-10-9-16(2)22(15-18)26-30(28,29)20-13-11-19(24)12-14-20/h4-15,21,26H,3H2,1-2H3,(H,25,27)/t21-/m0/s1. The number of rotatable bonds is 7. The molecule has 5 nitrogen and oxygen atoms in total. The van der Waals surface area contributed by atoms with Crippen molar-refractivity contribution in [2.45, 2.75) is 31.2 Å². The van der Waals surface area contributed by atoms with Crippen LogP contribution in [0.15, 0.2) is 77.7 Å². The van der Waals surface area contributed by atoms with Gasteiger partial charge in [-0.05, 0) is 60.9 Å². The van der Waals surface area contributed by atoms with Crippen LogP contribution in [0.25, 0.3) is 0 Å². The number of nitrogens with one attached hydrogen (secondary N) is 2. The third kappa shape index (κ3) is 5.20. The van der Waals surface area contributed by atoms with Gasteiger partial charge in [-0.2, -0.15) is 0 Å². The number of hydrogen-bond donors (Lipinski definition) is 2. The third-order valence-electron chi connectivity index (χ3n) is 4.78. The highest BCUT2D eigenvalue weighted by Gasteiger charge is 2.18. The molecular formula is C23H23ClN2O3S. The highest BCUT2D eigenvalue weighted by Crippen LogP contribution is 2.23. The van der Waals surface area contributed by atoms with Crippen molar-refractivity contribution in [3.05, 3.63) is 94.5 Å². The number of carbonyl (C=O) groups excluding carboxylic acids is 1. The first kappa shape index (κ1) is 21.9. The fourth-order valence-electron chi connectivity index (χ4n) is 3.04. The zero-order valence-electron chi connectivity index (χ0n) is 16.7. The Morgan fingerprint density at radius 1 is 1.00 bits per heavy atom. The van der Waals surface area contributed by atoms with Crippen molar-refractivity contribution in [2.75, 3.05) is 4.72 Å². The quantitative estimate of drug-likeness (QED) is 0.519. The molecule has 0 heterocycles. The number of halogens is 1. The minimum absolute atomic E-state index is 0.0938. The van der Waals surface area contributed by atoms with Crippen LogP contribution in [0.2, 0.25) is 5.02 Å². The van der Waals surface area contributed by atoms with Crippen LogP contribution >= 0.6 is 11.6 Å². The van der Waals surface area contributed by atoms with Crippen LogP contribution in [0, 0.1) is 6.92 Å². The van der Waals surface area contributed by atoms with Gasteiger partial charge in [0.25, 0.3) is 15.9 Å². The maximum atomic E-state index is 12.8. The molecule has 0 fully saturated rings. The van der Waals surface area contributed by atoms with Gasteiger partial charge in [0, 0.05) is 10.6 Å². The number of carbonyl (C=O) groups is 1. The van der Waals surface area contributed by atoms with Gasteiger partial charge in [0.05, 0.1) is 16.6 Å². The van der Waals surface area contributed by atoms with Crippen molar-refractivity contribution in [3.63, 3.8) is 0 Å². The molecule has 30 heavy (non-hydrogen) atoms. The van der Waals surface area contributed by atoms with Crippen molar-refractivity contribution in [1.82, 2.24) is 5.32 Å². The smallest absolute Gasteiger partial charge is 0.261 e. The Labute approximate surface area is 182 Å². The normalized spacial score (nSPS) is 12.2. The Bertz CT molecular complexity index is 1130. The monoisotopic (exact) mass is 442 g/mol. The second kappa shape index (κ2) is 9.32. The van der Waals surface area contributed by atoms with Crippen molar-refractivity contribution in [3.8, 4) is 0 Å². The van der Waals surface area contributed by atoms with Crippen LogP contribution in [0.4, 0.5) is 5.69 Å². The van der Waals surface area contributed by atoms with E-state index >= 15 is 0 Å². The summed E-state index contributed by atoms with van der Waals surface area (Å²) in [6.45, 7) is 3.78. The van der Waals surface area contributed by atoms with Crippen LogP contribution in [-0.2, 0) is 10.0 Å². The highest BCUT2D eigenvalue weighted by atomic mass is 35.5. The Morgan fingerprint density at radius 2 is 1.67 bits per heavy atom. The number of benzene rings is 3. The minimum atomic E-state index is -3.81. The Kier molecular flexibility index (Phi) is 6.80. The van der Waals surface area contributed by atoms with Gasteiger partial charge < -0.3 is 5.32 Å². The fourth-order valence-corrected chi connectivity index (χ4v) is 4.29. The van der Waals surface area contributed by atoms with Gasteiger partial charge in [-0.25, -0.2) is 8.42 Å². The predicted octanol–water partition coefficient (Wildman–Crippen LogP) is 5.33. The van der Waals surface area contributed by atoms with Crippen LogP contribution in [-0.4, -0.2) is 14.3 Å². The summed E-state index contributed by atoms with van der Waals surface area (Å²) in [6.07, 6.45) is 0.734. The molecule has 0 radical (unpaired) electrons. The number of sulfonamides is 1. The lowest BCUT2D eigenvalue weighted by atomic mass is 10.0. The Balaban J connectivity index is 1.82. The number of hydrogen-bond acceptors (Lipinski definition) is 3. The summed E-state index contributed by atoms with van der Waals surface area (Å²) in [7, 11) is -3.81. The van der Waals surface area contributed by atoms with E-state index in [1.807, 2.05) is 37.3 Å². The maximum absolute atomic E-state index is 12.8. The van der Waals surface area contributed by atoms with Gasteiger partial charge in [0.1, 0.15) is 0 Å². The summed E-state index contributed by atoms with van der Waals surface area (Å²) in [5, 5.41) is 3.47. The number of aryl methyl sites for hydroxylation is 1. The van der Waals surface area contributed by atoms with Crippen molar-refractivity contribution < 1.29 is 13.2 Å². The predicted molar refractivity (Wildman–Crippen MR) is 120 cm³/mol. The SMILES string of the molecule is CC[C@H](NC(=O)c1ccc(C)c(NS(=O)(=O)c2ccc(Cl)cc2)c1)c1ccccc1. The molecule has 7 heteroatoms. The zero-order chi connectivity index (χ0) is 21.7. The first-order valence-electron chi connectivity index (χ1n) is 9.55. The lowest BCUT2D eigenvalue weighted by Gasteiger charge is -2.18. The molecule has 1 atom stereocenters. The second-order valence-electron chi connectivity index (χ2n) is 6.93. The minimum Gasteiger partial charge on any atom is -0.345 e. The summed E-state index contributed by atoms with van der Waals surface area (Å²) in [6, 6.07) is 20.4. The summed E-state index contributed by atoms with van der Waals surface area (Å²) in [4.78, 5) is 12.9. The van der Waals surface area contributed by atoms with Gasteiger partial charge >= 0.3 is 0 Å². The first-order valence-corrected chi connectivity index (χ1v) is 11.4. The van der Waals surface area contributed by atoms with Gasteiger partial charge in [0.15, 0.2) is 0 Å². The summed E-state index contributed by atoms with van der Waals surface area (Å²) >= 11 is 5.84. The summed E-state index contributed by atoms with van der Waals surface area (Å²) in [5.41, 5.74) is 2.46. The molecule has 0 saturated heterocycles. The van der Waals surface area contributed by atoms with E-state index in [0.717, 1.165) is 12.0 Å². The molecule has 0 aliphatic carbocycles. The fraction of sp³-hybridized carbons (Fsp3) is 0.174. The second-order valence-corrected chi connectivity index (χ2v) is 9.05. The largest absolute Gasteiger partial charge is 0.345 e. The average molecular weight is 443 g/mol. The van der Waals surface area contributed by atoms with Crippen LogP contribution in [0.1, 0.15) is 40.9 Å². The molecule has 0 bridgehead atoms. The zero-order valence-corrected chi connectivity index (χ0v) is 18.3. The van der Waals surface area contributed by atoms with Gasteiger partial charge in [-0.15, -0.1) is 0 Å². The molecule has 2 N–H and O–H groups in total. The lowest BCUT2D eigenvalue weighted by molar-refractivity contribution is 0.0935. The molecule has 0 spiro atoms. The van der Waals surface area contributed by atoms with E-state index in [9.17, 15) is 13.2 Å². The van der Waals surface area contributed by atoms with E-state index in [-0.39, 0.29) is 16.8 Å². The number of amides is 1. The highest BCUT2D eigenvalue weighted by molar-refractivity contribution is 7.92. The van der Waals surface area contributed by atoms with Crippen molar-refractivity contribution in [1.29, 1.82) is 0 Å². The van der Waals surface area contributed by atoms with E-state index in [0.29, 0.717) is 21.8 Å². The molecule has 3 rings (SSSR count).